The maximum atomic E-state index is 13.7. The van der Waals surface area contributed by atoms with Gasteiger partial charge in [0.2, 0.25) is 0 Å². The Morgan fingerprint density at radius 1 is 1.16 bits per heavy atom. The number of nitrogens with two attached hydrogens (primary N) is 1. The van der Waals surface area contributed by atoms with Crippen molar-refractivity contribution in [3.05, 3.63) is 63.9 Å². The van der Waals surface area contributed by atoms with E-state index >= 15 is 0 Å². The molecule has 0 radical (unpaired) electrons. The van der Waals surface area contributed by atoms with Gasteiger partial charge in [0, 0.05) is 21.5 Å². The fraction of sp³-hybridized carbons (Fsp3) is 0.143. The van der Waals surface area contributed by atoms with E-state index in [2.05, 4.69) is 15.9 Å². The molecule has 0 heterocycles. The molecule has 2 nitrogen and oxygen atoms in total. The zero-order valence-electron chi connectivity index (χ0n) is 10.1. The average molecular weight is 342 g/mol. The molecule has 2 rings (SSSR count). The average Bonchev–Trinajstić information content (AvgIpc) is 2.42. The molecule has 0 aliphatic rings. The predicted molar refractivity (Wildman–Crippen MR) is 78.5 cm³/mol. The quantitative estimate of drug-likeness (QED) is 0.926. The summed E-state index contributed by atoms with van der Waals surface area (Å²) >= 11 is 3.32. The van der Waals surface area contributed by atoms with Crippen molar-refractivity contribution in [1.29, 1.82) is 0 Å². The first-order chi connectivity index (χ1) is 9.10. The van der Waals surface area contributed by atoms with Gasteiger partial charge in [0.1, 0.15) is 5.82 Å². The van der Waals surface area contributed by atoms with E-state index in [4.69, 9.17) is 5.73 Å². The number of hydrogen-bond acceptors (Lipinski definition) is 2. The Labute approximate surface area is 122 Å². The zero-order chi connectivity index (χ0) is 13.8. The Kier molecular flexibility index (Phi) is 4.85. The van der Waals surface area contributed by atoms with E-state index in [-0.39, 0.29) is 11.6 Å². The van der Waals surface area contributed by atoms with Crippen LogP contribution in [0.3, 0.4) is 0 Å². The maximum absolute atomic E-state index is 13.7. The molecule has 5 heteroatoms. The van der Waals surface area contributed by atoms with Gasteiger partial charge in [-0.15, -0.1) is 0 Å². The summed E-state index contributed by atoms with van der Waals surface area (Å²) < 4.78 is 26.8. The summed E-state index contributed by atoms with van der Waals surface area (Å²) in [6.07, 6.45) is 0. The van der Waals surface area contributed by atoms with E-state index in [0.29, 0.717) is 17.0 Å². The van der Waals surface area contributed by atoms with Crippen molar-refractivity contribution in [2.75, 3.05) is 0 Å². The molecule has 0 amide bonds. The number of benzene rings is 2. The Morgan fingerprint density at radius 2 is 1.84 bits per heavy atom. The Balaban J connectivity index is 2.21. The first kappa shape index (κ1) is 14.4. The second kappa shape index (κ2) is 6.41. The molecule has 1 atom stereocenters. The molecule has 0 bridgehead atoms. The fourth-order valence-corrected chi connectivity index (χ4v) is 3.05. The molecule has 1 unspecified atom stereocenters. The minimum Gasteiger partial charge on any atom is -0.326 e. The van der Waals surface area contributed by atoms with E-state index in [1.54, 1.807) is 24.3 Å². The molecule has 0 saturated heterocycles. The number of halogens is 2. The normalized spacial score (nSPS) is 12.4. The molecular formula is C14H13BrFNOS. The van der Waals surface area contributed by atoms with Gasteiger partial charge >= 0.3 is 0 Å². The van der Waals surface area contributed by atoms with Gasteiger partial charge in [0.15, 0.2) is 0 Å². The Bertz CT molecular complexity index is 601. The summed E-state index contributed by atoms with van der Waals surface area (Å²) in [6.45, 7) is 0.345. The lowest BCUT2D eigenvalue weighted by molar-refractivity contribution is 0.614. The van der Waals surface area contributed by atoms with Crippen molar-refractivity contribution in [3.8, 4) is 0 Å². The van der Waals surface area contributed by atoms with Crippen LogP contribution in [0.15, 0.2) is 51.8 Å². The van der Waals surface area contributed by atoms with Crippen molar-refractivity contribution in [3.63, 3.8) is 0 Å². The number of hydrogen-bond donors (Lipinski definition) is 1. The fourth-order valence-electron chi connectivity index (χ4n) is 1.68. The molecule has 0 aliphatic heterocycles. The highest BCUT2D eigenvalue weighted by molar-refractivity contribution is 9.10. The first-order valence-electron chi connectivity index (χ1n) is 5.71. The van der Waals surface area contributed by atoms with Gasteiger partial charge in [-0.25, -0.2) is 4.39 Å². The lowest BCUT2D eigenvalue weighted by atomic mass is 10.1. The van der Waals surface area contributed by atoms with E-state index in [9.17, 15) is 8.60 Å². The van der Waals surface area contributed by atoms with Crippen LogP contribution in [-0.2, 0) is 23.1 Å². The molecule has 2 aromatic carbocycles. The van der Waals surface area contributed by atoms with Crippen molar-refractivity contribution >= 4 is 26.7 Å². The monoisotopic (exact) mass is 341 g/mol. The standard InChI is InChI=1S/C14H13BrFNOS/c15-12-2-4-13(5-3-12)19(18)9-11-7-10(8-17)1-6-14(11)16/h1-7H,8-9,17H2. The van der Waals surface area contributed by atoms with E-state index in [0.717, 1.165) is 10.0 Å². The molecule has 0 aliphatic carbocycles. The molecule has 0 saturated carbocycles. The molecular weight excluding hydrogens is 329 g/mol. The highest BCUT2D eigenvalue weighted by atomic mass is 79.9. The molecule has 0 aromatic heterocycles. The second-order valence-corrected chi connectivity index (χ2v) is 6.44. The van der Waals surface area contributed by atoms with E-state index in [1.807, 2.05) is 12.1 Å². The first-order valence-corrected chi connectivity index (χ1v) is 7.82. The van der Waals surface area contributed by atoms with Crippen LogP contribution in [0.1, 0.15) is 11.1 Å². The topological polar surface area (TPSA) is 43.1 Å². The van der Waals surface area contributed by atoms with Crippen molar-refractivity contribution in [2.24, 2.45) is 5.73 Å². The summed E-state index contributed by atoms with van der Waals surface area (Å²) in [7, 11) is -1.26. The van der Waals surface area contributed by atoms with Crippen LogP contribution >= 0.6 is 15.9 Å². The molecule has 2 aromatic rings. The Morgan fingerprint density at radius 3 is 2.47 bits per heavy atom. The summed E-state index contributed by atoms with van der Waals surface area (Å²) in [5, 5.41) is 0. The van der Waals surface area contributed by atoms with E-state index < -0.39 is 10.8 Å². The zero-order valence-corrected chi connectivity index (χ0v) is 12.5. The number of rotatable bonds is 4. The SMILES string of the molecule is NCc1ccc(F)c(CS(=O)c2ccc(Br)cc2)c1. The highest BCUT2D eigenvalue weighted by Crippen LogP contribution is 2.18. The van der Waals surface area contributed by atoms with Crippen LogP contribution in [0, 0.1) is 5.82 Å². The van der Waals surface area contributed by atoms with Crippen LogP contribution in [0.4, 0.5) is 4.39 Å². The minimum atomic E-state index is -1.26. The summed E-state index contributed by atoms with van der Waals surface area (Å²) in [5.74, 6) is -0.191. The van der Waals surface area contributed by atoms with Crippen LogP contribution in [0.2, 0.25) is 0 Å². The molecule has 100 valence electrons. The lowest BCUT2D eigenvalue weighted by Crippen LogP contribution is -2.02. The van der Waals surface area contributed by atoms with Gasteiger partial charge in [-0.2, -0.15) is 0 Å². The summed E-state index contributed by atoms with van der Waals surface area (Å²) in [6, 6.07) is 11.9. The predicted octanol–water partition coefficient (Wildman–Crippen LogP) is 3.35. The third-order valence-electron chi connectivity index (χ3n) is 2.71. The van der Waals surface area contributed by atoms with Crippen molar-refractivity contribution < 1.29 is 8.60 Å². The molecule has 0 fully saturated rings. The summed E-state index contributed by atoms with van der Waals surface area (Å²) in [4.78, 5) is 0.681. The molecule has 0 spiro atoms. The third-order valence-corrected chi connectivity index (χ3v) is 4.61. The maximum Gasteiger partial charge on any atom is 0.127 e. The van der Waals surface area contributed by atoms with Crippen molar-refractivity contribution in [1.82, 2.24) is 0 Å². The van der Waals surface area contributed by atoms with Crippen LogP contribution in [-0.4, -0.2) is 4.21 Å². The van der Waals surface area contributed by atoms with Crippen LogP contribution in [0.5, 0.6) is 0 Å². The third kappa shape index (κ3) is 3.72. The van der Waals surface area contributed by atoms with Crippen LogP contribution in [0.25, 0.3) is 0 Å². The Hall–Kier alpha value is -1.04. The smallest absolute Gasteiger partial charge is 0.127 e. The van der Waals surface area contributed by atoms with Gasteiger partial charge in [0.05, 0.1) is 16.6 Å². The minimum absolute atomic E-state index is 0.154. The van der Waals surface area contributed by atoms with Crippen LogP contribution < -0.4 is 5.73 Å². The van der Waals surface area contributed by atoms with E-state index in [1.165, 1.54) is 6.07 Å². The highest BCUT2D eigenvalue weighted by Gasteiger charge is 2.09. The van der Waals surface area contributed by atoms with Gasteiger partial charge in [0.25, 0.3) is 0 Å². The van der Waals surface area contributed by atoms with Crippen molar-refractivity contribution in [2.45, 2.75) is 17.2 Å². The molecule has 2 N–H and O–H groups in total. The second-order valence-electron chi connectivity index (χ2n) is 4.07. The van der Waals surface area contributed by atoms with Gasteiger partial charge < -0.3 is 5.73 Å². The van der Waals surface area contributed by atoms with Gasteiger partial charge in [-0.3, -0.25) is 4.21 Å². The lowest BCUT2D eigenvalue weighted by Gasteiger charge is -2.06. The van der Waals surface area contributed by atoms with Gasteiger partial charge in [-0.1, -0.05) is 28.1 Å². The molecule has 19 heavy (non-hydrogen) atoms. The van der Waals surface area contributed by atoms with Gasteiger partial charge in [-0.05, 0) is 35.9 Å². The largest absolute Gasteiger partial charge is 0.326 e. The summed E-state index contributed by atoms with van der Waals surface area (Å²) in [5.41, 5.74) is 6.80.